The molecule has 0 radical (unpaired) electrons. The van der Waals surface area contributed by atoms with Crippen LogP contribution in [0, 0.1) is 0 Å². The zero-order chi connectivity index (χ0) is 57.6. The summed E-state index contributed by atoms with van der Waals surface area (Å²) in [6.45, 7) is 1.62. The van der Waals surface area contributed by atoms with Gasteiger partial charge in [0.1, 0.15) is 73.2 Å². The van der Waals surface area contributed by atoms with Crippen molar-refractivity contribution in [2.24, 2.45) is 0 Å². The Morgan fingerprint density at radius 1 is 0.456 bits per heavy atom. The Morgan fingerprint density at radius 3 is 1.37 bits per heavy atom. The topological polar surface area (TPSA) is 307 Å². The van der Waals surface area contributed by atoms with Crippen LogP contribution in [0.5, 0.6) is 0 Å². The fraction of sp³-hybridized carbons (Fsp3) is 0.850. The summed E-state index contributed by atoms with van der Waals surface area (Å²) < 4.78 is 34.1. The molecule has 0 aromatic heterocycles. The summed E-state index contributed by atoms with van der Waals surface area (Å²) >= 11 is 0. The standard InChI is InChI=1S/C60H107NO18/c1-3-5-7-9-11-13-14-15-16-17-18-19-20-21-22-23-24-25-26-27-28-30-32-34-36-38-48(66)61-43(44(65)37-35-33-31-29-12-10-8-6-4-2)42-74-58-54(72)51(69)56(46(40-63)76-58)79-60-55(73)52(70)57(47(41-64)77-60)78-59-53(71)50(68)49(67)45(39-62)75-59/h12,14-15,17-18,29,35,37,43-47,49-60,62-65,67-73H,3-11,13,16,19-28,30-34,36,38-42H2,1-2H3,(H,61,66)/b15-14-,18-17-,29-12+,37-35+. The molecule has 17 atom stereocenters. The van der Waals surface area contributed by atoms with Gasteiger partial charge in [-0.2, -0.15) is 0 Å². The van der Waals surface area contributed by atoms with E-state index in [0.717, 1.165) is 51.4 Å². The zero-order valence-electron chi connectivity index (χ0n) is 47.8. The second-order valence-electron chi connectivity index (χ2n) is 21.8. The predicted molar refractivity (Wildman–Crippen MR) is 300 cm³/mol. The van der Waals surface area contributed by atoms with Gasteiger partial charge in [-0.05, 0) is 64.2 Å². The van der Waals surface area contributed by atoms with Gasteiger partial charge >= 0.3 is 0 Å². The summed E-state index contributed by atoms with van der Waals surface area (Å²) in [4.78, 5) is 13.3. The molecule has 12 N–H and O–H groups in total. The first kappa shape index (κ1) is 71.0. The lowest BCUT2D eigenvalue weighted by atomic mass is 9.96. The van der Waals surface area contributed by atoms with E-state index in [4.69, 9.17) is 28.4 Å². The van der Waals surface area contributed by atoms with Gasteiger partial charge in [-0.25, -0.2) is 0 Å². The normalized spacial score (nSPS) is 30.6. The molecule has 3 aliphatic rings. The van der Waals surface area contributed by atoms with Crippen LogP contribution in [0.1, 0.15) is 194 Å². The Labute approximate surface area is 472 Å². The second-order valence-corrected chi connectivity index (χ2v) is 21.8. The maximum atomic E-state index is 13.3. The summed E-state index contributed by atoms with van der Waals surface area (Å²) in [5, 5.41) is 120. The molecule has 3 saturated heterocycles. The molecule has 0 bridgehead atoms. The van der Waals surface area contributed by atoms with E-state index >= 15 is 0 Å². The molecule has 0 saturated carbocycles. The Kier molecular flexibility index (Phi) is 39.0. The lowest BCUT2D eigenvalue weighted by Crippen LogP contribution is -2.66. The molecular weight excluding hydrogens is 1020 g/mol. The maximum Gasteiger partial charge on any atom is 0.220 e. The van der Waals surface area contributed by atoms with E-state index in [0.29, 0.717) is 12.8 Å². The number of aliphatic hydroxyl groups excluding tert-OH is 11. The number of amides is 1. The minimum absolute atomic E-state index is 0.233. The van der Waals surface area contributed by atoms with Crippen molar-refractivity contribution in [2.75, 3.05) is 26.4 Å². The van der Waals surface area contributed by atoms with Crippen LogP contribution < -0.4 is 5.32 Å². The summed E-state index contributed by atoms with van der Waals surface area (Å²) in [6, 6.07) is -0.988. The quantitative estimate of drug-likeness (QED) is 0.0265. The molecule has 3 rings (SSSR count). The van der Waals surface area contributed by atoms with Crippen molar-refractivity contribution in [2.45, 2.75) is 298 Å². The van der Waals surface area contributed by atoms with E-state index in [9.17, 15) is 61.0 Å². The minimum Gasteiger partial charge on any atom is -0.394 e. The smallest absolute Gasteiger partial charge is 0.220 e. The first-order valence-electron chi connectivity index (χ1n) is 30.4. The number of unbranched alkanes of at least 4 members (excludes halogenated alkanes) is 22. The monoisotopic (exact) mass is 1130 g/mol. The van der Waals surface area contributed by atoms with Gasteiger partial charge in [-0.3, -0.25) is 4.79 Å². The highest BCUT2D eigenvalue weighted by molar-refractivity contribution is 5.76. The number of aliphatic hydroxyl groups is 11. The van der Waals surface area contributed by atoms with E-state index < -0.39 is 124 Å². The molecule has 79 heavy (non-hydrogen) atoms. The molecule has 0 aromatic rings. The van der Waals surface area contributed by atoms with E-state index in [2.05, 4.69) is 55.6 Å². The zero-order valence-corrected chi connectivity index (χ0v) is 47.8. The van der Waals surface area contributed by atoms with Crippen molar-refractivity contribution in [1.82, 2.24) is 5.32 Å². The van der Waals surface area contributed by atoms with Gasteiger partial charge < -0.3 is 89.9 Å². The highest BCUT2D eigenvalue weighted by atomic mass is 16.8. The average molecular weight is 1130 g/mol. The third-order valence-electron chi connectivity index (χ3n) is 15.1. The highest BCUT2D eigenvalue weighted by Crippen LogP contribution is 2.33. The van der Waals surface area contributed by atoms with Crippen molar-refractivity contribution < 1.29 is 89.4 Å². The molecule has 3 aliphatic heterocycles. The SMILES string of the molecule is CCCCC/C=C/CC/C=C/C(O)C(COC1OC(CO)C(OC2OC(CO)C(OC3OC(CO)C(O)C(O)C3O)C(O)C2O)C(O)C1O)NC(=O)CCCCCCCCCCCCCCC/C=C\C/C=C\CCCCCCC. The van der Waals surface area contributed by atoms with Gasteiger partial charge in [-0.1, -0.05) is 172 Å². The van der Waals surface area contributed by atoms with Crippen molar-refractivity contribution in [3.8, 4) is 0 Å². The van der Waals surface area contributed by atoms with E-state index in [1.807, 2.05) is 6.08 Å². The van der Waals surface area contributed by atoms with Crippen molar-refractivity contribution in [1.29, 1.82) is 0 Å². The Bertz CT molecular complexity index is 1630. The van der Waals surface area contributed by atoms with Gasteiger partial charge in [0.05, 0.1) is 38.6 Å². The second kappa shape index (κ2) is 43.4. The number of ether oxygens (including phenoxy) is 6. The van der Waals surface area contributed by atoms with Gasteiger partial charge in [-0.15, -0.1) is 0 Å². The van der Waals surface area contributed by atoms with E-state index in [1.165, 1.54) is 109 Å². The van der Waals surface area contributed by atoms with Crippen LogP contribution in [0.2, 0.25) is 0 Å². The first-order valence-corrected chi connectivity index (χ1v) is 30.4. The van der Waals surface area contributed by atoms with Crippen molar-refractivity contribution in [3.63, 3.8) is 0 Å². The first-order chi connectivity index (χ1) is 38.3. The fourth-order valence-corrected chi connectivity index (χ4v) is 10.1. The third kappa shape index (κ3) is 27.3. The van der Waals surface area contributed by atoms with Gasteiger partial charge in [0, 0.05) is 6.42 Å². The molecule has 460 valence electrons. The van der Waals surface area contributed by atoms with Gasteiger partial charge in [0.2, 0.25) is 5.91 Å². The van der Waals surface area contributed by atoms with Crippen LogP contribution in [-0.4, -0.2) is 193 Å². The van der Waals surface area contributed by atoms with Crippen LogP contribution in [0.3, 0.4) is 0 Å². The number of carbonyl (C=O) groups is 1. The minimum atomic E-state index is -1.98. The molecule has 0 spiro atoms. The van der Waals surface area contributed by atoms with Crippen molar-refractivity contribution >= 4 is 5.91 Å². The number of rotatable bonds is 44. The van der Waals surface area contributed by atoms with Gasteiger partial charge in [0.15, 0.2) is 18.9 Å². The summed E-state index contributed by atoms with van der Waals surface area (Å²) in [5.74, 6) is -0.291. The van der Waals surface area contributed by atoms with E-state index in [1.54, 1.807) is 6.08 Å². The number of hydrogen-bond acceptors (Lipinski definition) is 18. The van der Waals surface area contributed by atoms with Crippen LogP contribution in [-0.2, 0) is 33.2 Å². The Balaban J connectivity index is 1.42. The molecule has 17 unspecified atom stereocenters. The molecule has 3 fully saturated rings. The number of allylic oxidation sites excluding steroid dienone is 7. The Hall–Kier alpha value is -2.25. The molecule has 0 aromatic carbocycles. The van der Waals surface area contributed by atoms with Crippen LogP contribution in [0.25, 0.3) is 0 Å². The van der Waals surface area contributed by atoms with Crippen LogP contribution >= 0.6 is 0 Å². The van der Waals surface area contributed by atoms with E-state index in [-0.39, 0.29) is 18.9 Å². The van der Waals surface area contributed by atoms with Gasteiger partial charge in [0.25, 0.3) is 0 Å². The van der Waals surface area contributed by atoms with Crippen LogP contribution in [0.4, 0.5) is 0 Å². The number of carbonyl (C=O) groups excluding carboxylic acids is 1. The molecule has 19 nitrogen and oxygen atoms in total. The number of nitrogens with one attached hydrogen (secondary N) is 1. The molecular formula is C60H107NO18. The third-order valence-corrected chi connectivity index (χ3v) is 15.1. The fourth-order valence-electron chi connectivity index (χ4n) is 10.1. The summed E-state index contributed by atoms with van der Waals surface area (Å²) in [5.41, 5.74) is 0. The molecule has 1 amide bonds. The molecule has 3 heterocycles. The molecule has 19 heteroatoms. The number of hydrogen-bond donors (Lipinski definition) is 12. The summed E-state index contributed by atoms with van der Waals surface area (Å²) in [7, 11) is 0. The lowest BCUT2D eigenvalue weighted by molar-refractivity contribution is -0.379. The Morgan fingerprint density at radius 2 is 0.848 bits per heavy atom. The highest BCUT2D eigenvalue weighted by Gasteiger charge is 2.53. The predicted octanol–water partition coefficient (Wildman–Crippen LogP) is 5.48. The lowest BCUT2D eigenvalue weighted by Gasteiger charge is -2.48. The molecule has 0 aliphatic carbocycles. The van der Waals surface area contributed by atoms with Crippen molar-refractivity contribution in [3.05, 3.63) is 48.6 Å². The van der Waals surface area contributed by atoms with Crippen LogP contribution in [0.15, 0.2) is 48.6 Å². The average Bonchev–Trinajstić information content (AvgIpc) is 3.44. The maximum absolute atomic E-state index is 13.3. The largest absolute Gasteiger partial charge is 0.394 e. The summed E-state index contributed by atoms with van der Waals surface area (Å²) in [6.07, 6.45) is 21.3.